The van der Waals surface area contributed by atoms with Crippen LogP contribution in [0.1, 0.15) is 5.56 Å². The van der Waals surface area contributed by atoms with Crippen LogP contribution in [0.3, 0.4) is 0 Å². The third kappa shape index (κ3) is 5.89. The molecule has 3 nitrogen and oxygen atoms in total. The number of benzene rings is 1. The molecule has 1 aromatic rings. The Balaban J connectivity index is 2.07. The number of halogens is 1. The average Bonchev–Trinajstić information content (AvgIpc) is 2.26. The maximum atomic E-state index is 5.43. The van der Waals surface area contributed by atoms with Crippen molar-refractivity contribution in [3.8, 4) is 0 Å². The van der Waals surface area contributed by atoms with Gasteiger partial charge in [0.25, 0.3) is 0 Å². The van der Waals surface area contributed by atoms with E-state index in [1.807, 2.05) is 24.3 Å². The first-order chi connectivity index (χ1) is 7.33. The molecule has 0 radical (unpaired) electrons. The number of nitrogens with two attached hydrogens (primary N) is 1. The summed E-state index contributed by atoms with van der Waals surface area (Å²) in [5, 5.41) is 0. The predicted octanol–water partition coefficient (Wildman–Crippen LogP) is 1.94. The van der Waals surface area contributed by atoms with E-state index in [0.29, 0.717) is 33.0 Å². The molecular formula is C11H16BrNO2. The lowest BCUT2D eigenvalue weighted by Crippen LogP contribution is -2.11. The summed E-state index contributed by atoms with van der Waals surface area (Å²) in [6.07, 6.45) is 0. The number of hydrogen-bond acceptors (Lipinski definition) is 3. The van der Waals surface area contributed by atoms with E-state index in [4.69, 9.17) is 15.2 Å². The van der Waals surface area contributed by atoms with Crippen molar-refractivity contribution in [2.75, 3.05) is 26.4 Å². The molecule has 0 aliphatic heterocycles. The van der Waals surface area contributed by atoms with Crippen molar-refractivity contribution in [3.05, 3.63) is 34.3 Å². The zero-order chi connectivity index (χ0) is 10.9. The summed E-state index contributed by atoms with van der Waals surface area (Å²) in [6.45, 7) is 3.00. The van der Waals surface area contributed by atoms with E-state index in [2.05, 4.69) is 15.9 Å². The minimum atomic E-state index is 0.562. The van der Waals surface area contributed by atoms with Crippen molar-refractivity contribution in [2.24, 2.45) is 5.73 Å². The van der Waals surface area contributed by atoms with Gasteiger partial charge in [0, 0.05) is 11.0 Å². The lowest BCUT2D eigenvalue weighted by atomic mass is 10.2. The largest absolute Gasteiger partial charge is 0.378 e. The molecule has 2 N–H and O–H groups in total. The maximum absolute atomic E-state index is 5.43. The number of ether oxygens (including phenoxy) is 2. The first kappa shape index (κ1) is 12.6. The third-order valence-electron chi connectivity index (χ3n) is 1.82. The Kier molecular flexibility index (Phi) is 6.59. The fourth-order valence-electron chi connectivity index (χ4n) is 1.07. The van der Waals surface area contributed by atoms with Crippen LogP contribution in [0.2, 0.25) is 0 Å². The first-order valence-electron chi connectivity index (χ1n) is 4.93. The molecule has 0 aliphatic rings. The van der Waals surface area contributed by atoms with Gasteiger partial charge < -0.3 is 15.2 Å². The van der Waals surface area contributed by atoms with Crippen molar-refractivity contribution < 1.29 is 9.47 Å². The van der Waals surface area contributed by atoms with Crippen molar-refractivity contribution in [2.45, 2.75) is 6.61 Å². The highest BCUT2D eigenvalue weighted by Crippen LogP contribution is 2.10. The van der Waals surface area contributed by atoms with E-state index < -0.39 is 0 Å². The second kappa shape index (κ2) is 7.82. The van der Waals surface area contributed by atoms with Gasteiger partial charge in [-0.05, 0) is 17.7 Å². The molecule has 0 bridgehead atoms. The minimum Gasteiger partial charge on any atom is -0.378 e. The average molecular weight is 274 g/mol. The van der Waals surface area contributed by atoms with Crippen LogP contribution in [0.25, 0.3) is 0 Å². The van der Waals surface area contributed by atoms with Gasteiger partial charge in [-0.3, -0.25) is 0 Å². The standard InChI is InChI=1S/C11H16BrNO2/c12-11-3-1-10(2-4-11)9-15-8-7-14-6-5-13/h1-4H,5-9,13H2. The zero-order valence-corrected chi connectivity index (χ0v) is 10.2. The van der Waals surface area contributed by atoms with Gasteiger partial charge in [-0.25, -0.2) is 0 Å². The summed E-state index contributed by atoms with van der Waals surface area (Å²) < 4.78 is 11.7. The highest BCUT2D eigenvalue weighted by atomic mass is 79.9. The Morgan fingerprint density at radius 1 is 1.00 bits per heavy atom. The molecule has 0 saturated heterocycles. The predicted molar refractivity (Wildman–Crippen MR) is 63.7 cm³/mol. The van der Waals surface area contributed by atoms with Gasteiger partial charge in [0.05, 0.1) is 26.4 Å². The first-order valence-corrected chi connectivity index (χ1v) is 5.72. The van der Waals surface area contributed by atoms with Crippen LogP contribution >= 0.6 is 15.9 Å². The van der Waals surface area contributed by atoms with E-state index in [9.17, 15) is 0 Å². The van der Waals surface area contributed by atoms with Crippen molar-refractivity contribution in [1.82, 2.24) is 0 Å². The highest BCUT2D eigenvalue weighted by Gasteiger charge is 1.93. The van der Waals surface area contributed by atoms with Gasteiger partial charge >= 0.3 is 0 Å². The molecule has 0 aliphatic carbocycles. The molecule has 1 rings (SSSR count). The molecule has 1 aromatic carbocycles. The fraction of sp³-hybridized carbons (Fsp3) is 0.455. The molecule has 0 unspecified atom stereocenters. The molecule has 0 atom stereocenters. The zero-order valence-electron chi connectivity index (χ0n) is 8.62. The van der Waals surface area contributed by atoms with E-state index >= 15 is 0 Å². The van der Waals surface area contributed by atoms with Crippen LogP contribution in [0.4, 0.5) is 0 Å². The van der Waals surface area contributed by atoms with Crippen LogP contribution in [0, 0.1) is 0 Å². The molecule has 84 valence electrons. The summed E-state index contributed by atoms with van der Waals surface area (Å²) in [5.74, 6) is 0. The highest BCUT2D eigenvalue weighted by molar-refractivity contribution is 9.10. The lowest BCUT2D eigenvalue weighted by molar-refractivity contribution is 0.0433. The summed E-state index contributed by atoms with van der Waals surface area (Å²) in [7, 11) is 0. The molecular weight excluding hydrogens is 258 g/mol. The Morgan fingerprint density at radius 3 is 2.33 bits per heavy atom. The summed E-state index contributed by atoms with van der Waals surface area (Å²) in [6, 6.07) is 8.07. The van der Waals surface area contributed by atoms with Gasteiger partial charge in [0.1, 0.15) is 0 Å². The molecule has 4 heteroatoms. The third-order valence-corrected chi connectivity index (χ3v) is 2.34. The molecule has 0 aromatic heterocycles. The van der Waals surface area contributed by atoms with Gasteiger partial charge in [0.15, 0.2) is 0 Å². The SMILES string of the molecule is NCCOCCOCc1ccc(Br)cc1. The van der Waals surface area contributed by atoms with Crippen molar-refractivity contribution in [3.63, 3.8) is 0 Å². The van der Waals surface area contributed by atoms with Crippen LogP contribution in [0.5, 0.6) is 0 Å². The van der Waals surface area contributed by atoms with E-state index in [0.717, 1.165) is 10.0 Å². The minimum absolute atomic E-state index is 0.562. The van der Waals surface area contributed by atoms with E-state index in [-0.39, 0.29) is 0 Å². The topological polar surface area (TPSA) is 44.5 Å². The second-order valence-electron chi connectivity index (χ2n) is 3.08. The monoisotopic (exact) mass is 273 g/mol. The van der Waals surface area contributed by atoms with Crippen LogP contribution in [0.15, 0.2) is 28.7 Å². The lowest BCUT2D eigenvalue weighted by Gasteiger charge is -2.05. The summed E-state index contributed by atoms with van der Waals surface area (Å²) in [4.78, 5) is 0. The number of hydrogen-bond donors (Lipinski definition) is 1. The maximum Gasteiger partial charge on any atom is 0.0718 e. The Morgan fingerprint density at radius 2 is 1.67 bits per heavy atom. The molecule has 0 fully saturated rings. The molecule has 0 saturated carbocycles. The quantitative estimate of drug-likeness (QED) is 0.773. The Bertz CT molecular complexity index is 264. The van der Waals surface area contributed by atoms with Gasteiger partial charge in [-0.2, -0.15) is 0 Å². The molecule has 0 amide bonds. The Labute approximate surface area is 98.7 Å². The summed E-state index contributed by atoms with van der Waals surface area (Å²) >= 11 is 3.38. The molecule has 0 heterocycles. The Hall–Kier alpha value is -0.420. The molecule has 15 heavy (non-hydrogen) atoms. The number of rotatable bonds is 7. The second-order valence-corrected chi connectivity index (χ2v) is 4.00. The van der Waals surface area contributed by atoms with Gasteiger partial charge in [-0.1, -0.05) is 28.1 Å². The van der Waals surface area contributed by atoms with Crippen molar-refractivity contribution in [1.29, 1.82) is 0 Å². The van der Waals surface area contributed by atoms with Gasteiger partial charge in [-0.15, -0.1) is 0 Å². The van der Waals surface area contributed by atoms with Crippen molar-refractivity contribution >= 4 is 15.9 Å². The van der Waals surface area contributed by atoms with Gasteiger partial charge in [0.2, 0.25) is 0 Å². The van der Waals surface area contributed by atoms with E-state index in [1.54, 1.807) is 0 Å². The fourth-order valence-corrected chi connectivity index (χ4v) is 1.34. The molecule has 0 spiro atoms. The van der Waals surface area contributed by atoms with Crippen LogP contribution in [-0.2, 0) is 16.1 Å². The van der Waals surface area contributed by atoms with Crippen LogP contribution in [-0.4, -0.2) is 26.4 Å². The van der Waals surface area contributed by atoms with Crippen LogP contribution < -0.4 is 5.73 Å². The normalized spacial score (nSPS) is 10.5. The summed E-state index contributed by atoms with van der Waals surface area (Å²) in [5.41, 5.74) is 6.44. The van der Waals surface area contributed by atoms with E-state index in [1.165, 1.54) is 0 Å². The smallest absolute Gasteiger partial charge is 0.0718 e.